The van der Waals surface area contributed by atoms with E-state index in [4.69, 9.17) is 5.11 Å². The van der Waals surface area contributed by atoms with Crippen LogP contribution in [0.4, 0.5) is 0 Å². The first-order valence-corrected chi connectivity index (χ1v) is 5.31. The number of aromatic nitrogens is 1. The highest BCUT2D eigenvalue weighted by atomic mass is 16.3. The number of carbonyl (C=O) groups is 1. The number of hydrogen-bond donors (Lipinski definition) is 2. The van der Waals surface area contributed by atoms with E-state index in [2.05, 4.69) is 5.32 Å². The maximum absolute atomic E-state index is 11.8. The second-order valence-corrected chi connectivity index (χ2v) is 4.09. The van der Waals surface area contributed by atoms with Crippen molar-refractivity contribution >= 4 is 5.91 Å². The van der Waals surface area contributed by atoms with Crippen LogP contribution in [0.2, 0.25) is 0 Å². The molecule has 0 aliphatic heterocycles. The van der Waals surface area contributed by atoms with Crippen molar-refractivity contribution in [1.29, 1.82) is 0 Å². The number of amides is 1. The summed E-state index contributed by atoms with van der Waals surface area (Å²) < 4.78 is 2.01. The number of hydrogen-bond acceptors (Lipinski definition) is 2. The molecular weight excluding hydrogens is 192 g/mol. The fourth-order valence-corrected chi connectivity index (χ4v) is 1.60. The van der Waals surface area contributed by atoms with E-state index in [1.54, 1.807) is 6.92 Å². The van der Waals surface area contributed by atoms with Crippen molar-refractivity contribution in [3.8, 4) is 0 Å². The highest BCUT2D eigenvalue weighted by Crippen LogP contribution is 2.35. The van der Waals surface area contributed by atoms with Crippen LogP contribution in [0, 0.1) is 0 Å². The Labute approximate surface area is 88.9 Å². The Morgan fingerprint density at radius 2 is 2.47 bits per heavy atom. The first-order chi connectivity index (χ1) is 7.22. The Morgan fingerprint density at radius 1 is 1.73 bits per heavy atom. The Kier molecular flexibility index (Phi) is 2.77. The van der Waals surface area contributed by atoms with Gasteiger partial charge in [0.15, 0.2) is 0 Å². The normalized spacial score (nSPS) is 17.5. The standard InChI is InChI=1S/C11H16N2O2/c1-8(7-14)12-11(15)10-3-2-6-13(10)9-4-5-9/h2-3,6,8-9,14H,4-5,7H2,1H3,(H,12,15). The van der Waals surface area contributed by atoms with Crippen molar-refractivity contribution in [1.82, 2.24) is 9.88 Å². The molecule has 1 saturated carbocycles. The lowest BCUT2D eigenvalue weighted by Gasteiger charge is -2.12. The minimum atomic E-state index is -0.194. The van der Waals surface area contributed by atoms with E-state index in [0.29, 0.717) is 11.7 Å². The SMILES string of the molecule is CC(CO)NC(=O)c1cccn1C1CC1. The van der Waals surface area contributed by atoms with Crippen LogP contribution >= 0.6 is 0 Å². The fourth-order valence-electron chi connectivity index (χ4n) is 1.60. The highest BCUT2D eigenvalue weighted by molar-refractivity contribution is 5.93. The minimum Gasteiger partial charge on any atom is -0.394 e. The van der Waals surface area contributed by atoms with Crippen molar-refractivity contribution in [2.45, 2.75) is 31.8 Å². The zero-order chi connectivity index (χ0) is 10.8. The molecule has 0 bridgehead atoms. The van der Waals surface area contributed by atoms with Gasteiger partial charge in [-0.1, -0.05) is 0 Å². The van der Waals surface area contributed by atoms with Crippen molar-refractivity contribution < 1.29 is 9.90 Å². The van der Waals surface area contributed by atoms with Gasteiger partial charge in [-0.3, -0.25) is 4.79 Å². The lowest BCUT2D eigenvalue weighted by Crippen LogP contribution is -2.36. The second kappa shape index (κ2) is 4.06. The molecule has 0 radical (unpaired) electrons. The Morgan fingerprint density at radius 3 is 3.07 bits per heavy atom. The Bertz CT molecular complexity index is 355. The van der Waals surface area contributed by atoms with Crippen LogP contribution in [0.25, 0.3) is 0 Å². The molecule has 1 heterocycles. The molecular formula is C11H16N2O2. The van der Waals surface area contributed by atoms with Gasteiger partial charge < -0.3 is 15.0 Å². The quantitative estimate of drug-likeness (QED) is 0.773. The maximum atomic E-state index is 11.8. The van der Waals surface area contributed by atoms with Crippen LogP contribution in [0.5, 0.6) is 0 Å². The summed E-state index contributed by atoms with van der Waals surface area (Å²) in [5.74, 6) is -0.103. The summed E-state index contributed by atoms with van der Waals surface area (Å²) >= 11 is 0. The number of nitrogens with zero attached hydrogens (tertiary/aromatic N) is 1. The van der Waals surface area contributed by atoms with E-state index in [1.165, 1.54) is 0 Å². The molecule has 0 spiro atoms. The van der Waals surface area contributed by atoms with E-state index in [0.717, 1.165) is 12.8 Å². The van der Waals surface area contributed by atoms with Gasteiger partial charge in [-0.25, -0.2) is 0 Å². The van der Waals surface area contributed by atoms with Crippen LogP contribution in [-0.2, 0) is 0 Å². The van der Waals surface area contributed by atoms with Crippen LogP contribution in [0.15, 0.2) is 18.3 Å². The maximum Gasteiger partial charge on any atom is 0.268 e. The molecule has 1 aliphatic rings. The number of rotatable bonds is 4. The summed E-state index contributed by atoms with van der Waals surface area (Å²) in [6, 6.07) is 4.01. The van der Waals surface area contributed by atoms with Crippen LogP contribution in [0.3, 0.4) is 0 Å². The molecule has 1 aromatic rings. The van der Waals surface area contributed by atoms with Gasteiger partial charge >= 0.3 is 0 Å². The monoisotopic (exact) mass is 208 g/mol. The predicted molar refractivity (Wildman–Crippen MR) is 56.7 cm³/mol. The van der Waals surface area contributed by atoms with Crippen molar-refractivity contribution in [3.63, 3.8) is 0 Å². The molecule has 4 heteroatoms. The van der Waals surface area contributed by atoms with Gasteiger partial charge in [-0.05, 0) is 31.9 Å². The summed E-state index contributed by atoms with van der Waals surface area (Å²) in [6.07, 6.45) is 4.26. The van der Waals surface area contributed by atoms with Crippen LogP contribution in [0.1, 0.15) is 36.3 Å². The largest absolute Gasteiger partial charge is 0.394 e. The third-order valence-corrected chi connectivity index (χ3v) is 2.60. The zero-order valence-corrected chi connectivity index (χ0v) is 8.81. The van der Waals surface area contributed by atoms with E-state index in [9.17, 15) is 4.79 Å². The van der Waals surface area contributed by atoms with E-state index in [-0.39, 0.29) is 18.6 Å². The van der Waals surface area contributed by atoms with Crippen molar-refractivity contribution in [2.24, 2.45) is 0 Å². The average molecular weight is 208 g/mol. The highest BCUT2D eigenvalue weighted by Gasteiger charge is 2.26. The summed E-state index contributed by atoms with van der Waals surface area (Å²) in [6.45, 7) is 1.75. The topological polar surface area (TPSA) is 54.3 Å². The Balaban J connectivity index is 2.07. The molecule has 2 N–H and O–H groups in total. The Hall–Kier alpha value is -1.29. The lowest BCUT2D eigenvalue weighted by atomic mass is 10.3. The molecule has 0 aromatic carbocycles. The lowest BCUT2D eigenvalue weighted by molar-refractivity contribution is 0.0912. The van der Waals surface area contributed by atoms with Gasteiger partial charge in [0, 0.05) is 18.3 Å². The van der Waals surface area contributed by atoms with Gasteiger partial charge in [-0.15, -0.1) is 0 Å². The molecule has 2 rings (SSSR count). The van der Waals surface area contributed by atoms with Crippen molar-refractivity contribution in [3.05, 3.63) is 24.0 Å². The van der Waals surface area contributed by atoms with E-state index < -0.39 is 0 Å². The summed E-state index contributed by atoms with van der Waals surface area (Å²) in [7, 11) is 0. The zero-order valence-electron chi connectivity index (χ0n) is 8.81. The number of carbonyl (C=O) groups excluding carboxylic acids is 1. The smallest absolute Gasteiger partial charge is 0.268 e. The summed E-state index contributed by atoms with van der Waals surface area (Å²) in [5, 5.41) is 11.6. The summed E-state index contributed by atoms with van der Waals surface area (Å²) in [5.41, 5.74) is 0.692. The number of aliphatic hydroxyl groups excluding tert-OH is 1. The van der Waals surface area contributed by atoms with Crippen LogP contribution in [-0.4, -0.2) is 28.2 Å². The molecule has 0 saturated heterocycles. The van der Waals surface area contributed by atoms with Crippen molar-refractivity contribution in [2.75, 3.05) is 6.61 Å². The molecule has 4 nitrogen and oxygen atoms in total. The molecule has 1 amide bonds. The molecule has 82 valence electrons. The van der Waals surface area contributed by atoms with Gasteiger partial charge in [-0.2, -0.15) is 0 Å². The third kappa shape index (κ3) is 2.21. The molecule has 1 aromatic heterocycles. The fraction of sp³-hybridized carbons (Fsp3) is 0.545. The first-order valence-electron chi connectivity index (χ1n) is 5.31. The van der Waals surface area contributed by atoms with Gasteiger partial charge in [0.05, 0.1) is 6.61 Å². The molecule has 1 aliphatic carbocycles. The van der Waals surface area contributed by atoms with E-state index in [1.807, 2.05) is 22.9 Å². The molecule has 1 atom stereocenters. The molecule has 15 heavy (non-hydrogen) atoms. The van der Waals surface area contributed by atoms with Crippen LogP contribution < -0.4 is 5.32 Å². The molecule has 1 unspecified atom stereocenters. The predicted octanol–water partition coefficient (Wildman–Crippen LogP) is 0.934. The number of aliphatic hydroxyl groups is 1. The number of nitrogens with one attached hydrogen (secondary N) is 1. The van der Waals surface area contributed by atoms with Gasteiger partial charge in [0.1, 0.15) is 5.69 Å². The third-order valence-electron chi connectivity index (χ3n) is 2.60. The summed E-state index contributed by atoms with van der Waals surface area (Å²) in [4.78, 5) is 11.8. The minimum absolute atomic E-state index is 0.0319. The molecule has 1 fully saturated rings. The first kappa shape index (κ1) is 10.2. The van der Waals surface area contributed by atoms with Gasteiger partial charge in [0.2, 0.25) is 0 Å². The van der Waals surface area contributed by atoms with Gasteiger partial charge in [0.25, 0.3) is 5.91 Å². The van der Waals surface area contributed by atoms with E-state index >= 15 is 0 Å². The average Bonchev–Trinajstić information content (AvgIpc) is 2.95. The second-order valence-electron chi connectivity index (χ2n) is 4.09.